The normalized spacial score (nSPS) is 12.1. The molecule has 1 heterocycles. The topological polar surface area (TPSA) is 90.1 Å². The molecule has 134 valence electrons. The summed E-state index contributed by atoms with van der Waals surface area (Å²) in [6.45, 7) is 2.73. The van der Waals surface area contributed by atoms with E-state index in [2.05, 4.69) is 5.10 Å². The van der Waals surface area contributed by atoms with Crippen molar-refractivity contribution < 1.29 is 27.3 Å². The number of anilines is 1. The number of nitrogens with one attached hydrogen (secondary N) is 1. The monoisotopic (exact) mass is 360 g/mol. The van der Waals surface area contributed by atoms with Crippen LogP contribution in [0, 0.1) is 46.2 Å². The van der Waals surface area contributed by atoms with Crippen molar-refractivity contribution >= 4 is 17.4 Å². The van der Waals surface area contributed by atoms with E-state index in [0.29, 0.717) is 5.69 Å². The van der Waals surface area contributed by atoms with Crippen LogP contribution in [0.4, 0.5) is 29.1 Å². The van der Waals surface area contributed by atoms with Crippen LogP contribution in [0.25, 0.3) is 0 Å². The van der Waals surface area contributed by atoms with Crippen molar-refractivity contribution in [3.8, 4) is 0 Å². The second-order valence-corrected chi connectivity index (χ2v) is 5.32. The van der Waals surface area contributed by atoms with Crippen molar-refractivity contribution in [2.24, 2.45) is 5.92 Å². The van der Waals surface area contributed by atoms with E-state index in [1.165, 1.54) is 24.6 Å². The van der Waals surface area contributed by atoms with Crippen LogP contribution >= 0.6 is 0 Å². The van der Waals surface area contributed by atoms with Gasteiger partial charge in [-0.25, -0.2) is 17.6 Å². The van der Waals surface area contributed by atoms with E-state index in [9.17, 15) is 32.5 Å². The zero-order chi connectivity index (χ0) is 18.9. The van der Waals surface area contributed by atoms with Gasteiger partial charge in [0.2, 0.25) is 5.91 Å². The fraction of sp³-hybridized carbons (Fsp3) is 0.286. The molecule has 0 aliphatic rings. The van der Waals surface area contributed by atoms with Gasteiger partial charge in [0.15, 0.2) is 23.3 Å². The van der Waals surface area contributed by atoms with Crippen molar-refractivity contribution in [2.45, 2.75) is 20.4 Å². The lowest BCUT2D eigenvalue weighted by Crippen LogP contribution is -2.26. The molecular formula is C14H12F4N4O3. The van der Waals surface area contributed by atoms with E-state index in [0.717, 1.165) is 0 Å². The molecule has 1 N–H and O–H groups in total. The Hall–Kier alpha value is -2.98. The molecule has 2 rings (SSSR count). The van der Waals surface area contributed by atoms with Crippen molar-refractivity contribution in [1.29, 1.82) is 0 Å². The van der Waals surface area contributed by atoms with Crippen LogP contribution in [-0.4, -0.2) is 20.6 Å². The molecular weight excluding hydrogens is 348 g/mol. The average molecular weight is 360 g/mol. The number of aryl methyl sites for hydroxylation is 1. The first-order chi connectivity index (χ1) is 11.6. The first-order valence-corrected chi connectivity index (χ1v) is 6.94. The minimum absolute atomic E-state index is 0.0238. The maximum absolute atomic E-state index is 13.6. The number of aromatic nitrogens is 2. The summed E-state index contributed by atoms with van der Waals surface area (Å²) < 4.78 is 54.6. The summed E-state index contributed by atoms with van der Waals surface area (Å²) in [7, 11) is 0. The van der Waals surface area contributed by atoms with Gasteiger partial charge in [0, 0.05) is 6.07 Å². The number of amides is 1. The second-order valence-electron chi connectivity index (χ2n) is 5.32. The first kappa shape index (κ1) is 18.4. The fourth-order valence-corrected chi connectivity index (χ4v) is 2.04. The highest BCUT2D eigenvalue weighted by Gasteiger charge is 2.25. The summed E-state index contributed by atoms with van der Waals surface area (Å²) >= 11 is 0. The van der Waals surface area contributed by atoms with E-state index in [1.807, 2.05) is 0 Å². The number of hydrogen-bond donors (Lipinski definition) is 1. The zero-order valence-electron chi connectivity index (χ0n) is 13.0. The van der Waals surface area contributed by atoms with Crippen LogP contribution in [-0.2, 0) is 11.3 Å². The van der Waals surface area contributed by atoms with Gasteiger partial charge in [-0.05, 0) is 11.8 Å². The van der Waals surface area contributed by atoms with Crippen molar-refractivity contribution in [1.82, 2.24) is 9.78 Å². The predicted octanol–water partition coefficient (Wildman–Crippen LogP) is 2.93. The van der Waals surface area contributed by atoms with Crippen LogP contribution < -0.4 is 5.32 Å². The number of nitro groups is 1. The Morgan fingerprint density at radius 3 is 2.32 bits per heavy atom. The van der Waals surface area contributed by atoms with Gasteiger partial charge in [0.25, 0.3) is 0 Å². The minimum atomic E-state index is -1.73. The fourth-order valence-electron chi connectivity index (χ4n) is 2.04. The average Bonchev–Trinajstić information content (AvgIpc) is 2.90. The quantitative estimate of drug-likeness (QED) is 0.384. The Labute approximate surface area is 138 Å². The number of rotatable bonds is 5. The third-order valence-corrected chi connectivity index (χ3v) is 3.41. The Morgan fingerprint density at radius 2 is 1.84 bits per heavy atom. The molecule has 0 aliphatic heterocycles. The van der Waals surface area contributed by atoms with Gasteiger partial charge in [-0.1, -0.05) is 6.92 Å². The molecule has 2 aromatic rings. The maximum atomic E-state index is 13.6. The largest absolute Gasteiger partial charge is 0.390 e. The molecule has 1 atom stereocenters. The molecule has 0 saturated heterocycles. The lowest BCUT2D eigenvalue weighted by atomic mass is 10.1. The number of carbonyl (C=O) groups excluding carboxylic acids is 1. The summed E-state index contributed by atoms with van der Waals surface area (Å²) in [4.78, 5) is 22.0. The van der Waals surface area contributed by atoms with Crippen LogP contribution in [0.1, 0.15) is 12.6 Å². The smallest absolute Gasteiger partial charge is 0.358 e. The standard InChI is InChI=1S/C14H12F4N4O3/c1-6(5-21-7(2)3-10(20-21)22(24)25)14(23)19-13-11(17)8(15)4-9(16)12(13)18/h3-4,6H,5H2,1-2H3,(H,19,23). The second kappa shape index (κ2) is 6.87. The van der Waals surface area contributed by atoms with Gasteiger partial charge < -0.3 is 15.4 Å². The van der Waals surface area contributed by atoms with Gasteiger partial charge in [-0.15, -0.1) is 0 Å². The van der Waals surface area contributed by atoms with E-state index < -0.39 is 51.5 Å². The molecule has 0 fully saturated rings. The maximum Gasteiger partial charge on any atom is 0.390 e. The number of halogens is 4. The van der Waals surface area contributed by atoms with E-state index >= 15 is 0 Å². The molecule has 11 heteroatoms. The third-order valence-electron chi connectivity index (χ3n) is 3.41. The van der Waals surface area contributed by atoms with E-state index in [4.69, 9.17) is 0 Å². The van der Waals surface area contributed by atoms with Crippen LogP contribution in [0.2, 0.25) is 0 Å². The SMILES string of the molecule is Cc1cc([N+](=O)[O-])nn1CC(C)C(=O)Nc1c(F)c(F)cc(F)c1F. The minimum Gasteiger partial charge on any atom is -0.358 e. The number of benzene rings is 1. The molecule has 1 aromatic carbocycles. The third kappa shape index (κ3) is 3.75. The predicted molar refractivity (Wildman–Crippen MR) is 77.7 cm³/mol. The molecule has 0 saturated carbocycles. The van der Waals surface area contributed by atoms with Gasteiger partial charge >= 0.3 is 5.82 Å². The summed E-state index contributed by atoms with van der Waals surface area (Å²) in [5.74, 6) is -9.09. The Kier molecular flexibility index (Phi) is 5.04. The first-order valence-electron chi connectivity index (χ1n) is 6.94. The Balaban J connectivity index is 2.18. The van der Waals surface area contributed by atoms with Crippen LogP contribution in [0.5, 0.6) is 0 Å². The zero-order valence-corrected chi connectivity index (χ0v) is 13.0. The summed E-state index contributed by atoms with van der Waals surface area (Å²) in [6, 6.07) is 1.21. The Bertz CT molecular complexity index is 827. The summed E-state index contributed by atoms with van der Waals surface area (Å²) in [5, 5.41) is 16.1. The Morgan fingerprint density at radius 1 is 1.28 bits per heavy atom. The van der Waals surface area contributed by atoms with E-state index in [1.54, 1.807) is 5.32 Å². The van der Waals surface area contributed by atoms with Crippen molar-refractivity contribution in [2.75, 3.05) is 5.32 Å². The van der Waals surface area contributed by atoms with Crippen molar-refractivity contribution in [3.63, 3.8) is 0 Å². The molecule has 1 aromatic heterocycles. The van der Waals surface area contributed by atoms with Crippen molar-refractivity contribution in [3.05, 3.63) is 51.2 Å². The van der Waals surface area contributed by atoms with Gasteiger partial charge in [0.1, 0.15) is 5.69 Å². The molecule has 7 nitrogen and oxygen atoms in total. The molecule has 0 bridgehead atoms. The van der Waals surface area contributed by atoms with E-state index in [-0.39, 0.29) is 12.6 Å². The van der Waals surface area contributed by atoms with Gasteiger partial charge in [-0.3, -0.25) is 4.79 Å². The highest BCUT2D eigenvalue weighted by molar-refractivity contribution is 5.92. The summed E-state index contributed by atoms with van der Waals surface area (Å²) in [6.07, 6.45) is 0. The highest BCUT2D eigenvalue weighted by atomic mass is 19.2. The van der Waals surface area contributed by atoms with Crippen LogP contribution in [0.3, 0.4) is 0 Å². The molecule has 25 heavy (non-hydrogen) atoms. The number of carbonyl (C=O) groups is 1. The highest BCUT2D eigenvalue weighted by Crippen LogP contribution is 2.25. The van der Waals surface area contributed by atoms with Crippen LogP contribution in [0.15, 0.2) is 12.1 Å². The number of hydrogen-bond acceptors (Lipinski definition) is 4. The molecule has 1 amide bonds. The number of nitrogens with zero attached hydrogens (tertiary/aromatic N) is 3. The van der Waals surface area contributed by atoms with Gasteiger partial charge in [-0.2, -0.15) is 4.68 Å². The van der Waals surface area contributed by atoms with Gasteiger partial charge in [0.05, 0.1) is 29.3 Å². The lowest BCUT2D eigenvalue weighted by Gasteiger charge is -2.13. The molecule has 0 radical (unpaired) electrons. The molecule has 0 spiro atoms. The lowest BCUT2D eigenvalue weighted by molar-refractivity contribution is -0.389. The summed E-state index contributed by atoms with van der Waals surface area (Å²) in [5.41, 5.74) is -0.849. The molecule has 1 unspecified atom stereocenters. The molecule has 0 aliphatic carbocycles.